The van der Waals surface area contributed by atoms with Crippen LogP contribution >= 0.6 is 11.6 Å². The summed E-state index contributed by atoms with van der Waals surface area (Å²) in [6.45, 7) is 1.92. The van der Waals surface area contributed by atoms with Crippen molar-refractivity contribution in [3.05, 3.63) is 58.9 Å². The number of hydrogen-bond acceptors (Lipinski definition) is 2. The van der Waals surface area contributed by atoms with Gasteiger partial charge in [-0.05, 0) is 36.8 Å². The van der Waals surface area contributed by atoms with E-state index >= 15 is 0 Å². The lowest BCUT2D eigenvalue weighted by Crippen LogP contribution is -2.07. The molecule has 2 rings (SSSR count). The predicted octanol–water partition coefficient (Wildman–Crippen LogP) is 4.36. The number of halogens is 2. The largest absolute Gasteiger partial charge is 0.508 e. The van der Waals surface area contributed by atoms with E-state index in [2.05, 4.69) is 5.32 Å². The van der Waals surface area contributed by atoms with Crippen LogP contribution in [-0.2, 0) is 0 Å². The fraction of sp³-hybridized carbons (Fsp3) is 0.143. The molecule has 0 aliphatic carbocycles. The Bertz CT molecular complexity index is 559. The lowest BCUT2D eigenvalue weighted by atomic mass is 10.1. The van der Waals surface area contributed by atoms with Gasteiger partial charge in [0.25, 0.3) is 0 Å². The average Bonchev–Trinajstić information content (AvgIpc) is 2.28. The maximum atomic E-state index is 13.0. The standard InChI is InChI=1S/C14H13ClFNO/c1-9(13-6-5-10(16)7-14(13)15)17-11-3-2-4-12(18)8-11/h2-9,17-18H,1H3. The summed E-state index contributed by atoms with van der Waals surface area (Å²) in [5.74, 6) is -0.161. The Hall–Kier alpha value is -1.74. The Morgan fingerprint density at radius 3 is 2.67 bits per heavy atom. The van der Waals surface area contributed by atoms with Crippen LogP contribution in [0.2, 0.25) is 5.02 Å². The molecule has 2 aromatic rings. The molecule has 0 spiro atoms. The van der Waals surface area contributed by atoms with Crippen molar-refractivity contribution in [2.45, 2.75) is 13.0 Å². The number of nitrogens with one attached hydrogen (secondary N) is 1. The quantitative estimate of drug-likeness (QED) is 0.864. The number of hydrogen-bond donors (Lipinski definition) is 2. The summed E-state index contributed by atoms with van der Waals surface area (Å²) in [4.78, 5) is 0. The zero-order chi connectivity index (χ0) is 13.1. The van der Waals surface area contributed by atoms with Gasteiger partial charge in [0.1, 0.15) is 11.6 Å². The highest BCUT2D eigenvalue weighted by Gasteiger charge is 2.10. The van der Waals surface area contributed by atoms with Gasteiger partial charge in [0, 0.05) is 22.8 Å². The van der Waals surface area contributed by atoms with Gasteiger partial charge < -0.3 is 10.4 Å². The highest BCUT2D eigenvalue weighted by molar-refractivity contribution is 6.31. The fourth-order valence-corrected chi connectivity index (χ4v) is 2.11. The summed E-state index contributed by atoms with van der Waals surface area (Å²) in [7, 11) is 0. The van der Waals surface area contributed by atoms with Crippen LogP contribution in [0.5, 0.6) is 5.75 Å². The summed E-state index contributed by atoms with van der Waals surface area (Å²) in [6.07, 6.45) is 0. The van der Waals surface area contributed by atoms with E-state index in [9.17, 15) is 9.50 Å². The lowest BCUT2D eigenvalue weighted by Gasteiger charge is -2.17. The van der Waals surface area contributed by atoms with Gasteiger partial charge in [-0.2, -0.15) is 0 Å². The SMILES string of the molecule is CC(Nc1cccc(O)c1)c1ccc(F)cc1Cl. The number of phenols is 1. The van der Waals surface area contributed by atoms with Gasteiger partial charge in [-0.15, -0.1) is 0 Å². The van der Waals surface area contributed by atoms with E-state index in [-0.39, 0.29) is 17.6 Å². The van der Waals surface area contributed by atoms with Gasteiger partial charge in [0.15, 0.2) is 0 Å². The van der Waals surface area contributed by atoms with Crippen LogP contribution in [0, 0.1) is 5.82 Å². The van der Waals surface area contributed by atoms with Crippen LogP contribution in [0.15, 0.2) is 42.5 Å². The van der Waals surface area contributed by atoms with Crippen molar-refractivity contribution < 1.29 is 9.50 Å². The summed E-state index contributed by atoms with van der Waals surface area (Å²) >= 11 is 5.99. The first-order valence-electron chi connectivity index (χ1n) is 5.57. The van der Waals surface area contributed by atoms with Crippen LogP contribution in [-0.4, -0.2) is 5.11 Å². The first-order valence-corrected chi connectivity index (χ1v) is 5.94. The molecule has 2 aromatic carbocycles. The Labute approximate surface area is 110 Å². The van der Waals surface area contributed by atoms with Crippen LogP contribution in [0.3, 0.4) is 0 Å². The molecule has 0 aromatic heterocycles. The van der Waals surface area contributed by atoms with Crippen LogP contribution < -0.4 is 5.32 Å². The minimum Gasteiger partial charge on any atom is -0.508 e. The molecule has 0 radical (unpaired) electrons. The minimum absolute atomic E-state index is 0.0834. The molecule has 4 heteroatoms. The lowest BCUT2D eigenvalue weighted by molar-refractivity contribution is 0.475. The minimum atomic E-state index is -0.353. The zero-order valence-electron chi connectivity index (χ0n) is 9.82. The number of benzene rings is 2. The predicted molar refractivity (Wildman–Crippen MR) is 71.6 cm³/mol. The van der Waals surface area contributed by atoms with Crippen LogP contribution in [0.25, 0.3) is 0 Å². The van der Waals surface area contributed by atoms with Crippen LogP contribution in [0.1, 0.15) is 18.5 Å². The van der Waals surface area contributed by atoms with Crippen molar-refractivity contribution >= 4 is 17.3 Å². The molecule has 0 saturated carbocycles. The maximum absolute atomic E-state index is 13.0. The summed E-state index contributed by atoms with van der Waals surface area (Å²) < 4.78 is 13.0. The van der Waals surface area contributed by atoms with Gasteiger partial charge in [0.05, 0.1) is 0 Å². The first-order chi connectivity index (χ1) is 8.56. The van der Waals surface area contributed by atoms with Crippen LogP contribution in [0.4, 0.5) is 10.1 Å². The summed E-state index contributed by atoms with van der Waals surface area (Å²) in [6, 6.07) is 11.0. The van der Waals surface area contributed by atoms with Gasteiger partial charge in [-0.25, -0.2) is 4.39 Å². The third-order valence-electron chi connectivity index (χ3n) is 2.66. The molecule has 0 amide bonds. The third-order valence-corrected chi connectivity index (χ3v) is 2.99. The van der Waals surface area contributed by atoms with Crippen molar-refractivity contribution in [2.75, 3.05) is 5.32 Å². The van der Waals surface area contributed by atoms with Gasteiger partial charge in [-0.1, -0.05) is 23.7 Å². The third kappa shape index (κ3) is 2.93. The first kappa shape index (κ1) is 12.7. The molecule has 2 N–H and O–H groups in total. The smallest absolute Gasteiger partial charge is 0.124 e. The van der Waals surface area contributed by atoms with Crippen molar-refractivity contribution in [3.8, 4) is 5.75 Å². The van der Waals surface area contributed by atoms with Gasteiger partial charge >= 0.3 is 0 Å². The number of phenolic OH excluding ortho intramolecular Hbond substituents is 1. The molecule has 0 saturated heterocycles. The summed E-state index contributed by atoms with van der Waals surface area (Å²) in [5.41, 5.74) is 1.59. The molecule has 18 heavy (non-hydrogen) atoms. The van der Waals surface area contributed by atoms with Crippen molar-refractivity contribution in [3.63, 3.8) is 0 Å². The molecule has 1 atom stereocenters. The molecule has 1 unspecified atom stereocenters. The summed E-state index contributed by atoms with van der Waals surface area (Å²) in [5, 5.41) is 12.9. The second kappa shape index (κ2) is 5.27. The highest BCUT2D eigenvalue weighted by Crippen LogP contribution is 2.27. The van der Waals surface area contributed by atoms with E-state index in [4.69, 9.17) is 11.6 Å². The maximum Gasteiger partial charge on any atom is 0.124 e. The van der Waals surface area contributed by atoms with Crippen molar-refractivity contribution in [1.29, 1.82) is 0 Å². The Balaban J connectivity index is 2.19. The van der Waals surface area contributed by atoms with E-state index < -0.39 is 0 Å². The molecule has 0 bridgehead atoms. The molecule has 0 aliphatic heterocycles. The van der Waals surface area contributed by atoms with Crippen molar-refractivity contribution in [1.82, 2.24) is 0 Å². The number of anilines is 1. The normalized spacial score (nSPS) is 12.2. The van der Waals surface area contributed by atoms with Gasteiger partial charge in [-0.3, -0.25) is 0 Å². The molecule has 0 fully saturated rings. The molecule has 0 aliphatic rings. The Morgan fingerprint density at radius 1 is 1.22 bits per heavy atom. The molecule has 0 heterocycles. The van der Waals surface area contributed by atoms with Crippen molar-refractivity contribution in [2.24, 2.45) is 0 Å². The highest BCUT2D eigenvalue weighted by atomic mass is 35.5. The zero-order valence-corrected chi connectivity index (χ0v) is 10.6. The Kier molecular flexibility index (Phi) is 3.72. The number of rotatable bonds is 3. The second-order valence-corrected chi connectivity index (χ2v) is 4.49. The van der Waals surface area contributed by atoms with E-state index in [1.54, 1.807) is 24.3 Å². The monoisotopic (exact) mass is 265 g/mol. The molecular weight excluding hydrogens is 253 g/mol. The average molecular weight is 266 g/mol. The van der Waals surface area contributed by atoms with E-state index in [1.165, 1.54) is 12.1 Å². The number of aromatic hydroxyl groups is 1. The molecular formula is C14H13ClFNO. The van der Waals surface area contributed by atoms with E-state index in [0.29, 0.717) is 5.02 Å². The molecule has 94 valence electrons. The second-order valence-electron chi connectivity index (χ2n) is 4.08. The topological polar surface area (TPSA) is 32.3 Å². The fourth-order valence-electron chi connectivity index (χ4n) is 1.78. The van der Waals surface area contributed by atoms with E-state index in [1.807, 2.05) is 13.0 Å². The van der Waals surface area contributed by atoms with E-state index in [0.717, 1.165) is 11.3 Å². The molecule has 2 nitrogen and oxygen atoms in total. The van der Waals surface area contributed by atoms with Gasteiger partial charge in [0.2, 0.25) is 0 Å². The Morgan fingerprint density at radius 2 is 2.00 bits per heavy atom.